The van der Waals surface area contributed by atoms with Crippen molar-refractivity contribution in [2.75, 3.05) is 40.9 Å². The molecule has 9 nitrogen and oxygen atoms in total. The van der Waals surface area contributed by atoms with Crippen LogP contribution < -0.4 is 10.6 Å². The third-order valence-corrected chi connectivity index (χ3v) is 8.40. The molecule has 3 aliphatic rings. The summed E-state index contributed by atoms with van der Waals surface area (Å²) in [6, 6.07) is 0.863. The van der Waals surface area contributed by atoms with E-state index in [4.69, 9.17) is 18.9 Å². The Bertz CT molecular complexity index is 762. The summed E-state index contributed by atoms with van der Waals surface area (Å²) in [5.74, 6) is -1.93. The van der Waals surface area contributed by atoms with E-state index in [0.29, 0.717) is 24.9 Å². The lowest BCUT2D eigenvalue weighted by Gasteiger charge is -2.45. The van der Waals surface area contributed by atoms with Gasteiger partial charge in [-0.3, -0.25) is 9.59 Å². The van der Waals surface area contributed by atoms with Gasteiger partial charge in [-0.15, -0.1) is 0 Å². The molecule has 214 valence electrons. The zero-order chi connectivity index (χ0) is 27.3. The van der Waals surface area contributed by atoms with Crippen molar-refractivity contribution in [3.8, 4) is 0 Å². The summed E-state index contributed by atoms with van der Waals surface area (Å²) in [7, 11) is 5.82. The van der Waals surface area contributed by atoms with Crippen LogP contribution in [0.3, 0.4) is 0 Å². The summed E-state index contributed by atoms with van der Waals surface area (Å²) in [5, 5.41) is 7.10. The van der Waals surface area contributed by atoms with E-state index in [9.17, 15) is 9.59 Å². The number of hydrogen-bond donors (Lipinski definition) is 2. The number of ketones is 1. The van der Waals surface area contributed by atoms with E-state index in [1.54, 1.807) is 14.0 Å². The highest BCUT2D eigenvalue weighted by Gasteiger charge is 2.46. The normalized spacial score (nSPS) is 41.0. The highest BCUT2D eigenvalue weighted by molar-refractivity contribution is 5.99. The summed E-state index contributed by atoms with van der Waals surface area (Å²) in [6.45, 7) is 11.4. The number of carbonyl (C=O) groups is 2. The topological polar surface area (TPSA) is 98.4 Å². The number of methoxy groups -OCH3 is 1. The fourth-order valence-corrected chi connectivity index (χ4v) is 5.74. The Labute approximate surface area is 223 Å². The maximum absolute atomic E-state index is 13.6. The fourth-order valence-electron chi connectivity index (χ4n) is 5.74. The predicted octanol–water partition coefficient (Wildman–Crippen LogP) is 2.37. The standard InChI is InChI=1S/C28H51N3O6/c1-17-13-28(5,34-8)26(37-24-12-23(31(6)7)11-18(2)36-24)19(3)25(32)20(4)27(33)35-16-22(29-14-17)15-30-21-9-10-21/h17-24,26,29-30H,9-16H2,1-8H3/t17-,18?,19+,20?,22-,23-,24?,26-,28-/m1/s1. The summed E-state index contributed by atoms with van der Waals surface area (Å²) in [6.07, 6.45) is 3.69. The molecular formula is C28H51N3O6. The Morgan fingerprint density at radius 3 is 2.46 bits per heavy atom. The number of rotatable bonds is 7. The van der Waals surface area contributed by atoms with E-state index in [1.165, 1.54) is 12.8 Å². The second-order valence-corrected chi connectivity index (χ2v) is 12.2. The van der Waals surface area contributed by atoms with Crippen LogP contribution >= 0.6 is 0 Å². The molecule has 0 radical (unpaired) electrons. The Kier molecular flexibility index (Phi) is 10.9. The molecule has 0 amide bonds. The van der Waals surface area contributed by atoms with Crippen LogP contribution in [0.25, 0.3) is 0 Å². The van der Waals surface area contributed by atoms with Crippen molar-refractivity contribution in [3.63, 3.8) is 0 Å². The first kappa shape index (κ1) is 30.4. The SMILES string of the molecule is CO[C@]1(C)C[C@@H](C)CN[C@H](CNC2CC2)COC(=O)C(C)C(=O)[C@H](C)[C@H]1OC1C[C@H](N(C)C)CC(C)O1. The number of carbonyl (C=O) groups excluding carboxylic acids is 2. The van der Waals surface area contributed by atoms with Crippen LogP contribution in [-0.4, -0.2) is 99.8 Å². The lowest BCUT2D eigenvalue weighted by atomic mass is 9.78. The molecule has 0 aromatic rings. The number of hydrogen-bond acceptors (Lipinski definition) is 9. The fraction of sp³-hybridized carbons (Fsp3) is 0.929. The molecule has 2 heterocycles. The van der Waals surface area contributed by atoms with Crippen LogP contribution in [0.2, 0.25) is 0 Å². The maximum atomic E-state index is 13.6. The van der Waals surface area contributed by atoms with Crippen molar-refractivity contribution in [1.29, 1.82) is 0 Å². The van der Waals surface area contributed by atoms with Gasteiger partial charge in [-0.25, -0.2) is 0 Å². The zero-order valence-electron chi connectivity index (χ0n) is 24.2. The smallest absolute Gasteiger partial charge is 0.316 e. The predicted molar refractivity (Wildman–Crippen MR) is 142 cm³/mol. The van der Waals surface area contributed by atoms with Crippen molar-refractivity contribution >= 4 is 11.8 Å². The van der Waals surface area contributed by atoms with Gasteiger partial charge in [0.1, 0.15) is 12.5 Å². The Hall–Kier alpha value is -1.10. The molecule has 0 bridgehead atoms. The number of Topliss-reactive ketones (excluding diaryl/α,β-unsaturated/α-hetero) is 1. The zero-order valence-corrected chi connectivity index (χ0v) is 24.2. The molecule has 0 spiro atoms. The van der Waals surface area contributed by atoms with Crippen molar-refractivity contribution in [1.82, 2.24) is 15.5 Å². The molecule has 9 atom stereocenters. The Morgan fingerprint density at radius 1 is 1.14 bits per heavy atom. The molecule has 3 fully saturated rings. The molecule has 2 aliphatic heterocycles. The van der Waals surface area contributed by atoms with Gasteiger partial charge in [0.15, 0.2) is 12.1 Å². The van der Waals surface area contributed by atoms with Gasteiger partial charge in [-0.1, -0.05) is 13.8 Å². The van der Waals surface area contributed by atoms with Gasteiger partial charge in [0.25, 0.3) is 0 Å². The van der Waals surface area contributed by atoms with E-state index in [2.05, 4.69) is 43.5 Å². The first-order valence-corrected chi connectivity index (χ1v) is 14.1. The Morgan fingerprint density at radius 2 is 1.84 bits per heavy atom. The number of nitrogens with zero attached hydrogens (tertiary/aromatic N) is 1. The van der Waals surface area contributed by atoms with E-state index < -0.39 is 35.8 Å². The third-order valence-electron chi connectivity index (χ3n) is 8.40. The second kappa shape index (κ2) is 13.3. The summed E-state index contributed by atoms with van der Waals surface area (Å²) in [4.78, 5) is 28.7. The van der Waals surface area contributed by atoms with Crippen molar-refractivity contribution in [2.24, 2.45) is 17.8 Å². The van der Waals surface area contributed by atoms with Gasteiger partial charge in [0.2, 0.25) is 0 Å². The van der Waals surface area contributed by atoms with Crippen LogP contribution in [0.5, 0.6) is 0 Å². The maximum Gasteiger partial charge on any atom is 0.316 e. The second-order valence-electron chi connectivity index (χ2n) is 12.2. The number of ether oxygens (including phenoxy) is 4. The number of nitrogens with one attached hydrogen (secondary N) is 2. The van der Waals surface area contributed by atoms with Crippen LogP contribution in [0, 0.1) is 17.8 Å². The van der Waals surface area contributed by atoms with E-state index in [-0.39, 0.29) is 30.5 Å². The molecular weight excluding hydrogens is 474 g/mol. The van der Waals surface area contributed by atoms with Crippen LogP contribution in [0.1, 0.15) is 66.7 Å². The van der Waals surface area contributed by atoms with E-state index in [0.717, 1.165) is 19.5 Å². The molecule has 2 N–H and O–H groups in total. The summed E-state index contributed by atoms with van der Waals surface area (Å²) >= 11 is 0. The minimum Gasteiger partial charge on any atom is -0.463 e. The van der Waals surface area contributed by atoms with Crippen molar-refractivity contribution in [3.05, 3.63) is 0 Å². The van der Waals surface area contributed by atoms with Gasteiger partial charge in [0, 0.05) is 38.1 Å². The lowest BCUT2D eigenvalue weighted by molar-refractivity contribution is -0.262. The summed E-state index contributed by atoms with van der Waals surface area (Å²) in [5.41, 5.74) is -0.757. The molecule has 37 heavy (non-hydrogen) atoms. The average molecular weight is 526 g/mol. The van der Waals surface area contributed by atoms with Crippen molar-refractivity contribution < 1.29 is 28.5 Å². The van der Waals surface area contributed by atoms with Gasteiger partial charge in [-0.2, -0.15) is 0 Å². The van der Waals surface area contributed by atoms with Crippen LogP contribution in [0.4, 0.5) is 0 Å². The van der Waals surface area contributed by atoms with Crippen molar-refractivity contribution in [2.45, 2.75) is 109 Å². The lowest BCUT2D eigenvalue weighted by Crippen LogP contribution is -2.54. The molecule has 1 aliphatic carbocycles. The molecule has 0 aromatic carbocycles. The van der Waals surface area contributed by atoms with Crippen LogP contribution in [-0.2, 0) is 28.5 Å². The van der Waals surface area contributed by atoms with Gasteiger partial charge >= 0.3 is 5.97 Å². The molecule has 3 rings (SSSR count). The Balaban J connectivity index is 1.83. The highest BCUT2D eigenvalue weighted by Crippen LogP contribution is 2.36. The van der Waals surface area contributed by atoms with E-state index >= 15 is 0 Å². The molecule has 9 heteroatoms. The third kappa shape index (κ3) is 8.44. The van der Waals surface area contributed by atoms with Gasteiger partial charge < -0.3 is 34.5 Å². The van der Waals surface area contributed by atoms with E-state index in [1.807, 2.05) is 13.8 Å². The van der Waals surface area contributed by atoms with Gasteiger partial charge in [-0.05, 0) is 73.0 Å². The minimum absolute atomic E-state index is 0.0200. The number of esters is 1. The number of cyclic esters (lactones) is 1. The average Bonchev–Trinajstić information content (AvgIpc) is 3.68. The first-order valence-electron chi connectivity index (χ1n) is 14.1. The summed E-state index contributed by atoms with van der Waals surface area (Å²) < 4.78 is 24.6. The molecule has 0 aromatic heterocycles. The largest absolute Gasteiger partial charge is 0.463 e. The minimum atomic E-state index is -0.891. The monoisotopic (exact) mass is 525 g/mol. The molecule has 3 unspecified atom stereocenters. The molecule has 2 saturated heterocycles. The van der Waals surface area contributed by atoms with Crippen LogP contribution in [0.15, 0.2) is 0 Å². The molecule has 1 saturated carbocycles. The van der Waals surface area contributed by atoms with Gasteiger partial charge in [0.05, 0.1) is 23.9 Å². The quantitative estimate of drug-likeness (QED) is 0.383. The highest BCUT2D eigenvalue weighted by atomic mass is 16.7. The first-order chi connectivity index (χ1) is 17.4.